The molecule has 2 rings (SSSR count). The van der Waals surface area contributed by atoms with Crippen molar-refractivity contribution >= 4 is 5.82 Å². The van der Waals surface area contributed by atoms with Gasteiger partial charge in [0, 0.05) is 19.2 Å². The molecule has 0 atom stereocenters. The van der Waals surface area contributed by atoms with Gasteiger partial charge in [-0.15, -0.1) is 0 Å². The molecule has 0 saturated heterocycles. The zero-order valence-corrected chi connectivity index (χ0v) is 10.4. The molecule has 0 aliphatic carbocycles. The molecule has 0 aliphatic rings. The number of hydrogen-bond donors (Lipinski definition) is 1. The van der Waals surface area contributed by atoms with Crippen LogP contribution in [-0.2, 0) is 0 Å². The molecule has 4 nitrogen and oxygen atoms in total. The van der Waals surface area contributed by atoms with Crippen LogP contribution in [0.3, 0.4) is 0 Å². The van der Waals surface area contributed by atoms with E-state index in [0.29, 0.717) is 17.6 Å². The normalized spacial score (nSPS) is 10.1. The van der Waals surface area contributed by atoms with Crippen LogP contribution in [0.15, 0.2) is 30.3 Å². The van der Waals surface area contributed by atoms with Gasteiger partial charge in [-0.3, -0.25) is 0 Å². The highest BCUT2D eigenvalue weighted by Gasteiger charge is 2.13. The summed E-state index contributed by atoms with van der Waals surface area (Å²) in [4.78, 5) is 3.72. The second-order valence-corrected chi connectivity index (χ2v) is 3.64. The van der Waals surface area contributed by atoms with Crippen LogP contribution >= 0.6 is 0 Å². The Bertz CT molecular complexity index is 591. The maximum Gasteiger partial charge on any atom is 0.258 e. The van der Waals surface area contributed by atoms with E-state index in [1.807, 2.05) is 0 Å². The van der Waals surface area contributed by atoms with Crippen molar-refractivity contribution in [3.05, 3.63) is 42.0 Å². The molecule has 100 valence electrons. The zero-order valence-electron chi connectivity index (χ0n) is 10.4. The van der Waals surface area contributed by atoms with Crippen LogP contribution in [0, 0.1) is 11.6 Å². The number of methoxy groups -OCH3 is 1. The fourth-order valence-corrected chi connectivity index (χ4v) is 1.47. The molecule has 6 heteroatoms. The van der Waals surface area contributed by atoms with Gasteiger partial charge in [0.15, 0.2) is 17.5 Å². The Kier molecular flexibility index (Phi) is 3.79. The summed E-state index contributed by atoms with van der Waals surface area (Å²) in [6.45, 7) is 0. The number of anilines is 1. The average Bonchev–Trinajstić information content (AvgIpc) is 2.42. The first-order valence-electron chi connectivity index (χ1n) is 5.49. The van der Waals surface area contributed by atoms with Crippen molar-refractivity contribution in [1.82, 2.24) is 4.98 Å². The summed E-state index contributed by atoms with van der Waals surface area (Å²) in [5.41, 5.74) is 0. The molecule has 0 fully saturated rings. The lowest BCUT2D eigenvalue weighted by atomic mass is 10.3. The Morgan fingerprint density at radius 2 is 1.84 bits per heavy atom. The van der Waals surface area contributed by atoms with Crippen molar-refractivity contribution in [1.29, 1.82) is 0 Å². The number of nitrogens with zero attached hydrogens (tertiary/aromatic N) is 1. The summed E-state index contributed by atoms with van der Waals surface area (Å²) >= 11 is 0. The summed E-state index contributed by atoms with van der Waals surface area (Å²) in [5, 5.41) is 2.51. The van der Waals surface area contributed by atoms with E-state index in [2.05, 4.69) is 10.3 Å². The van der Waals surface area contributed by atoms with Crippen molar-refractivity contribution in [2.24, 2.45) is 0 Å². The number of hydrogen-bond acceptors (Lipinski definition) is 4. The van der Waals surface area contributed by atoms with Crippen LogP contribution in [-0.4, -0.2) is 19.1 Å². The van der Waals surface area contributed by atoms with Crippen molar-refractivity contribution in [3.63, 3.8) is 0 Å². The van der Waals surface area contributed by atoms with E-state index in [1.165, 1.54) is 14.2 Å². The highest BCUT2D eigenvalue weighted by atomic mass is 19.1. The largest absolute Gasteiger partial charge is 0.497 e. The first kappa shape index (κ1) is 13.1. The second kappa shape index (κ2) is 5.51. The summed E-state index contributed by atoms with van der Waals surface area (Å²) in [6.07, 6.45) is 0. The van der Waals surface area contributed by atoms with E-state index in [0.717, 1.165) is 0 Å². The molecule has 1 heterocycles. The van der Waals surface area contributed by atoms with Crippen LogP contribution in [0.2, 0.25) is 0 Å². The van der Waals surface area contributed by atoms with Gasteiger partial charge in [0.1, 0.15) is 11.5 Å². The number of benzene rings is 1. The minimum Gasteiger partial charge on any atom is -0.497 e. The molecule has 0 spiro atoms. The first-order chi connectivity index (χ1) is 9.13. The molecule has 1 N–H and O–H groups in total. The summed E-state index contributed by atoms with van der Waals surface area (Å²) < 4.78 is 37.1. The fourth-order valence-electron chi connectivity index (χ4n) is 1.47. The van der Waals surface area contributed by atoms with Crippen LogP contribution in [0.5, 0.6) is 17.4 Å². The van der Waals surface area contributed by atoms with Gasteiger partial charge >= 0.3 is 0 Å². The number of aromatic nitrogens is 1. The third-order valence-corrected chi connectivity index (χ3v) is 2.39. The van der Waals surface area contributed by atoms with Gasteiger partial charge in [-0.05, 0) is 12.1 Å². The number of nitrogens with one attached hydrogen (secondary N) is 1. The first-order valence-corrected chi connectivity index (χ1v) is 5.49. The maximum atomic E-state index is 13.5. The predicted molar refractivity (Wildman–Crippen MR) is 66.8 cm³/mol. The summed E-state index contributed by atoms with van der Waals surface area (Å²) in [6, 6.07) is 7.32. The van der Waals surface area contributed by atoms with Crippen molar-refractivity contribution in [2.75, 3.05) is 19.5 Å². The summed E-state index contributed by atoms with van der Waals surface area (Å²) in [7, 11) is 2.99. The highest BCUT2D eigenvalue weighted by Crippen LogP contribution is 2.27. The van der Waals surface area contributed by atoms with Gasteiger partial charge in [0.05, 0.1) is 7.11 Å². The second-order valence-electron chi connectivity index (χ2n) is 3.64. The van der Waals surface area contributed by atoms with Crippen molar-refractivity contribution in [3.8, 4) is 17.4 Å². The Labute approximate surface area is 109 Å². The van der Waals surface area contributed by atoms with E-state index < -0.39 is 11.6 Å². The molecule has 0 amide bonds. The van der Waals surface area contributed by atoms with E-state index >= 15 is 0 Å². The Morgan fingerprint density at radius 3 is 2.53 bits per heavy atom. The molecular formula is C13H12F2N2O2. The third kappa shape index (κ3) is 2.90. The van der Waals surface area contributed by atoms with E-state index in [4.69, 9.17) is 9.47 Å². The Balaban J connectivity index is 2.32. The summed E-state index contributed by atoms with van der Waals surface area (Å²) in [5.74, 6) is -1.14. The molecule has 0 bridgehead atoms. The lowest BCUT2D eigenvalue weighted by Crippen LogP contribution is -2.01. The van der Waals surface area contributed by atoms with Crippen molar-refractivity contribution < 1.29 is 18.3 Å². The van der Waals surface area contributed by atoms with Crippen LogP contribution < -0.4 is 14.8 Å². The van der Waals surface area contributed by atoms with Crippen LogP contribution in [0.1, 0.15) is 0 Å². The molecule has 0 radical (unpaired) electrons. The zero-order chi connectivity index (χ0) is 13.8. The predicted octanol–water partition coefficient (Wildman–Crippen LogP) is 3.20. The molecule has 19 heavy (non-hydrogen) atoms. The number of rotatable bonds is 4. The standard InChI is InChI=1S/C13H12F2N2O2/c1-16-12-10(14)7-11(15)13(17-12)19-9-5-3-4-8(6-9)18-2/h3-7H,1-2H3,(H,16,17). The lowest BCUT2D eigenvalue weighted by molar-refractivity contribution is 0.398. The van der Waals surface area contributed by atoms with Crippen molar-refractivity contribution in [2.45, 2.75) is 0 Å². The van der Waals surface area contributed by atoms with Gasteiger partial charge < -0.3 is 14.8 Å². The van der Waals surface area contributed by atoms with E-state index in [-0.39, 0.29) is 11.7 Å². The highest BCUT2D eigenvalue weighted by molar-refractivity contribution is 5.41. The number of pyridine rings is 1. The molecule has 1 aromatic heterocycles. The van der Waals surface area contributed by atoms with Gasteiger partial charge in [-0.1, -0.05) is 6.07 Å². The lowest BCUT2D eigenvalue weighted by Gasteiger charge is -2.09. The van der Waals surface area contributed by atoms with Gasteiger partial charge in [-0.25, -0.2) is 8.78 Å². The number of halogens is 2. The molecule has 0 aliphatic heterocycles. The molecule has 1 aromatic carbocycles. The topological polar surface area (TPSA) is 43.4 Å². The van der Waals surface area contributed by atoms with Crippen LogP contribution in [0.25, 0.3) is 0 Å². The Hall–Kier alpha value is -2.37. The van der Waals surface area contributed by atoms with E-state index in [9.17, 15) is 8.78 Å². The molecule has 0 saturated carbocycles. The monoisotopic (exact) mass is 266 g/mol. The van der Waals surface area contributed by atoms with Gasteiger partial charge in [0.25, 0.3) is 5.88 Å². The fraction of sp³-hybridized carbons (Fsp3) is 0.154. The van der Waals surface area contributed by atoms with Crippen LogP contribution in [0.4, 0.5) is 14.6 Å². The quantitative estimate of drug-likeness (QED) is 0.922. The Morgan fingerprint density at radius 1 is 1.11 bits per heavy atom. The maximum absolute atomic E-state index is 13.5. The smallest absolute Gasteiger partial charge is 0.258 e. The molecule has 0 unspecified atom stereocenters. The van der Waals surface area contributed by atoms with Gasteiger partial charge in [0.2, 0.25) is 0 Å². The van der Waals surface area contributed by atoms with Gasteiger partial charge in [-0.2, -0.15) is 4.98 Å². The average molecular weight is 266 g/mol. The van der Waals surface area contributed by atoms with E-state index in [1.54, 1.807) is 24.3 Å². The number of ether oxygens (including phenoxy) is 2. The molecule has 2 aromatic rings. The SMILES string of the molecule is CNc1nc(Oc2cccc(OC)c2)c(F)cc1F. The minimum absolute atomic E-state index is 0.0840. The third-order valence-electron chi connectivity index (χ3n) is 2.39. The minimum atomic E-state index is -0.876. The molecular weight excluding hydrogens is 254 g/mol.